The van der Waals surface area contributed by atoms with Gasteiger partial charge in [-0.15, -0.1) is 5.10 Å². The average molecular weight is 430 g/mol. The molecule has 156 valence electrons. The Morgan fingerprint density at radius 1 is 0.935 bits per heavy atom. The number of thioether (sulfide) groups is 1. The maximum Gasteiger partial charge on any atom is 0.221 e. The van der Waals surface area contributed by atoms with Crippen molar-refractivity contribution in [2.24, 2.45) is 0 Å². The summed E-state index contributed by atoms with van der Waals surface area (Å²) in [5.74, 6) is 0.563. The fourth-order valence-electron chi connectivity index (χ4n) is 3.24. The second kappa shape index (κ2) is 10.0. The van der Waals surface area contributed by atoms with Crippen molar-refractivity contribution in [3.8, 4) is 5.69 Å². The Kier molecular flexibility index (Phi) is 6.74. The van der Waals surface area contributed by atoms with Gasteiger partial charge in [-0.05, 0) is 40.6 Å². The molecule has 0 radical (unpaired) electrons. The lowest BCUT2D eigenvalue weighted by Gasteiger charge is -2.20. The van der Waals surface area contributed by atoms with Crippen LogP contribution in [0.4, 0.5) is 0 Å². The minimum atomic E-state index is -0.183. The highest BCUT2D eigenvalue weighted by molar-refractivity contribution is 7.99. The van der Waals surface area contributed by atoms with Gasteiger partial charge >= 0.3 is 0 Å². The van der Waals surface area contributed by atoms with Crippen LogP contribution in [0.2, 0.25) is 0 Å². The smallest absolute Gasteiger partial charge is 0.221 e. The standard InChI is InChI=1S/C24H23N5OS/c1-18-12-14-21(15-13-18)29-24(26-27-28-29)31-17-16-22(30)25-23(19-8-4-2-5-9-19)20-10-6-3-7-11-20/h2-15,23H,16-17H2,1H3,(H,25,30). The van der Waals surface area contributed by atoms with Crippen molar-refractivity contribution >= 4 is 17.7 Å². The first kappa shape index (κ1) is 20.8. The summed E-state index contributed by atoms with van der Waals surface area (Å²) in [5, 5.41) is 15.8. The predicted octanol–water partition coefficient (Wildman–Crippen LogP) is 4.36. The molecule has 0 saturated heterocycles. The second-order valence-electron chi connectivity index (χ2n) is 7.13. The quantitative estimate of drug-likeness (QED) is 0.421. The van der Waals surface area contributed by atoms with Gasteiger partial charge in [-0.25, -0.2) is 0 Å². The Morgan fingerprint density at radius 3 is 2.16 bits per heavy atom. The van der Waals surface area contributed by atoms with Crippen LogP contribution < -0.4 is 5.32 Å². The van der Waals surface area contributed by atoms with Crippen molar-refractivity contribution in [1.82, 2.24) is 25.5 Å². The topological polar surface area (TPSA) is 72.7 Å². The largest absolute Gasteiger partial charge is 0.345 e. The van der Waals surface area contributed by atoms with E-state index in [0.717, 1.165) is 16.8 Å². The molecule has 4 rings (SSSR count). The lowest BCUT2D eigenvalue weighted by molar-refractivity contribution is -0.121. The van der Waals surface area contributed by atoms with Crippen molar-refractivity contribution in [3.05, 3.63) is 102 Å². The van der Waals surface area contributed by atoms with Gasteiger partial charge in [-0.3, -0.25) is 4.79 Å². The number of hydrogen-bond donors (Lipinski definition) is 1. The van der Waals surface area contributed by atoms with E-state index in [1.54, 1.807) is 4.68 Å². The van der Waals surface area contributed by atoms with Crippen LogP contribution in [0.25, 0.3) is 5.69 Å². The predicted molar refractivity (Wildman–Crippen MR) is 122 cm³/mol. The molecule has 4 aromatic rings. The molecule has 0 unspecified atom stereocenters. The molecule has 0 saturated carbocycles. The molecule has 0 atom stereocenters. The van der Waals surface area contributed by atoms with Crippen LogP contribution in [-0.2, 0) is 4.79 Å². The highest BCUT2D eigenvalue weighted by Gasteiger charge is 2.17. The Labute approximate surface area is 185 Å². The molecule has 1 N–H and O–H groups in total. The van der Waals surface area contributed by atoms with Crippen LogP contribution in [0.3, 0.4) is 0 Å². The number of nitrogens with zero attached hydrogens (tertiary/aromatic N) is 4. The molecule has 0 aliphatic heterocycles. The third kappa shape index (κ3) is 5.38. The van der Waals surface area contributed by atoms with E-state index in [9.17, 15) is 4.79 Å². The molecule has 31 heavy (non-hydrogen) atoms. The second-order valence-corrected chi connectivity index (χ2v) is 8.19. The Morgan fingerprint density at radius 2 is 1.55 bits per heavy atom. The summed E-state index contributed by atoms with van der Waals surface area (Å²) in [4.78, 5) is 12.7. The third-order valence-corrected chi connectivity index (χ3v) is 5.77. The van der Waals surface area contributed by atoms with E-state index in [1.807, 2.05) is 91.9 Å². The van der Waals surface area contributed by atoms with E-state index >= 15 is 0 Å². The zero-order valence-electron chi connectivity index (χ0n) is 17.2. The zero-order valence-corrected chi connectivity index (χ0v) is 18.0. The lowest BCUT2D eigenvalue weighted by Crippen LogP contribution is -2.29. The normalized spacial score (nSPS) is 10.9. The first-order valence-electron chi connectivity index (χ1n) is 10.1. The Hall–Kier alpha value is -3.45. The summed E-state index contributed by atoms with van der Waals surface area (Å²) in [5.41, 5.74) is 4.18. The van der Waals surface area contributed by atoms with Crippen molar-refractivity contribution in [3.63, 3.8) is 0 Å². The first-order chi connectivity index (χ1) is 15.2. The van der Waals surface area contributed by atoms with Crippen LogP contribution in [0.5, 0.6) is 0 Å². The molecule has 0 bridgehead atoms. The number of amides is 1. The maximum atomic E-state index is 12.7. The molecule has 7 heteroatoms. The summed E-state index contributed by atoms with van der Waals surface area (Å²) < 4.78 is 1.69. The van der Waals surface area contributed by atoms with E-state index in [2.05, 4.69) is 20.8 Å². The summed E-state index contributed by atoms with van der Waals surface area (Å²) in [7, 11) is 0. The van der Waals surface area contributed by atoms with E-state index in [1.165, 1.54) is 17.3 Å². The van der Waals surface area contributed by atoms with Crippen LogP contribution >= 0.6 is 11.8 Å². The van der Waals surface area contributed by atoms with Gasteiger partial charge in [-0.1, -0.05) is 90.1 Å². The van der Waals surface area contributed by atoms with Gasteiger partial charge in [-0.2, -0.15) is 4.68 Å². The molecule has 1 aromatic heterocycles. The fraction of sp³-hybridized carbons (Fsp3) is 0.167. The van der Waals surface area contributed by atoms with Crippen molar-refractivity contribution in [2.45, 2.75) is 24.5 Å². The highest BCUT2D eigenvalue weighted by atomic mass is 32.2. The number of nitrogens with one attached hydrogen (secondary N) is 1. The first-order valence-corrected chi connectivity index (χ1v) is 11.1. The number of carbonyl (C=O) groups is 1. The SMILES string of the molecule is Cc1ccc(-n2nnnc2SCCC(=O)NC(c2ccccc2)c2ccccc2)cc1. The van der Waals surface area contributed by atoms with Crippen LogP contribution in [0.15, 0.2) is 90.1 Å². The summed E-state index contributed by atoms with van der Waals surface area (Å²) in [6, 6.07) is 27.8. The van der Waals surface area contributed by atoms with Gasteiger partial charge in [0.25, 0.3) is 0 Å². The molecular formula is C24H23N5OS. The number of rotatable bonds is 8. The maximum absolute atomic E-state index is 12.7. The number of carbonyl (C=O) groups excluding carboxylic acids is 1. The van der Waals surface area contributed by atoms with Gasteiger partial charge in [0.05, 0.1) is 11.7 Å². The van der Waals surface area contributed by atoms with Gasteiger partial charge in [0.1, 0.15) is 0 Å². The van der Waals surface area contributed by atoms with Crippen molar-refractivity contribution < 1.29 is 4.79 Å². The van der Waals surface area contributed by atoms with E-state index in [0.29, 0.717) is 17.3 Å². The number of hydrogen-bond acceptors (Lipinski definition) is 5. The molecule has 0 fully saturated rings. The fourth-order valence-corrected chi connectivity index (χ4v) is 4.06. The average Bonchev–Trinajstić information content (AvgIpc) is 3.28. The van der Waals surface area contributed by atoms with Crippen LogP contribution in [-0.4, -0.2) is 31.9 Å². The number of aromatic nitrogens is 4. The summed E-state index contributed by atoms with van der Waals surface area (Å²) >= 11 is 1.47. The minimum absolute atomic E-state index is 0.0143. The molecular weight excluding hydrogens is 406 g/mol. The molecule has 1 heterocycles. The van der Waals surface area contributed by atoms with Gasteiger partial charge in [0.2, 0.25) is 11.1 Å². The van der Waals surface area contributed by atoms with E-state index in [4.69, 9.17) is 0 Å². The Balaban J connectivity index is 1.39. The van der Waals surface area contributed by atoms with Crippen LogP contribution in [0.1, 0.15) is 29.2 Å². The van der Waals surface area contributed by atoms with E-state index in [-0.39, 0.29) is 11.9 Å². The Bertz CT molecular complexity index is 1070. The third-order valence-electron chi connectivity index (χ3n) is 4.85. The summed E-state index contributed by atoms with van der Waals surface area (Å²) in [6.45, 7) is 2.04. The van der Waals surface area contributed by atoms with E-state index < -0.39 is 0 Å². The molecule has 0 aliphatic carbocycles. The van der Waals surface area contributed by atoms with Gasteiger partial charge in [0.15, 0.2) is 0 Å². The number of tetrazole rings is 1. The van der Waals surface area contributed by atoms with Crippen molar-refractivity contribution in [1.29, 1.82) is 0 Å². The number of aryl methyl sites for hydroxylation is 1. The molecule has 0 aliphatic rings. The highest BCUT2D eigenvalue weighted by Crippen LogP contribution is 2.23. The lowest BCUT2D eigenvalue weighted by atomic mass is 9.98. The molecule has 0 spiro atoms. The molecule has 1 amide bonds. The molecule has 6 nitrogen and oxygen atoms in total. The van der Waals surface area contributed by atoms with Gasteiger partial charge < -0.3 is 5.32 Å². The monoisotopic (exact) mass is 429 g/mol. The minimum Gasteiger partial charge on any atom is -0.345 e. The number of benzene rings is 3. The van der Waals surface area contributed by atoms with Gasteiger partial charge in [0, 0.05) is 12.2 Å². The summed E-state index contributed by atoms with van der Waals surface area (Å²) in [6.07, 6.45) is 0.363. The van der Waals surface area contributed by atoms with Crippen molar-refractivity contribution in [2.75, 3.05) is 5.75 Å². The molecule has 3 aromatic carbocycles. The zero-order chi connectivity index (χ0) is 21.5. The van der Waals surface area contributed by atoms with Crippen LogP contribution in [0, 0.1) is 6.92 Å².